The van der Waals surface area contributed by atoms with Gasteiger partial charge < -0.3 is 5.32 Å². The molecule has 4 nitrogen and oxygen atoms in total. The van der Waals surface area contributed by atoms with Crippen molar-refractivity contribution in [3.05, 3.63) is 102 Å². The normalized spacial score (nSPS) is 11.5. The van der Waals surface area contributed by atoms with Crippen LogP contribution >= 0.6 is 11.8 Å². The number of aromatic nitrogens is 1. The van der Waals surface area contributed by atoms with Crippen molar-refractivity contribution in [3.8, 4) is 28.5 Å². The van der Waals surface area contributed by atoms with Crippen molar-refractivity contribution >= 4 is 23.4 Å². The number of nitrogens with one attached hydrogen (secondary N) is 1. The second-order valence-electron chi connectivity index (χ2n) is 8.33. The number of nitriles is 1. The van der Waals surface area contributed by atoms with Gasteiger partial charge in [0, 0.05) is 16.8 Å². The molecule has 5 heteroatoms. The molecule has 0 aliphatic heterocycles. The molecule has 0 aliphatic carbocycles. The van der Waals surface area contributed by atoms with Gasteiger partial charge in [-0.3, -0.25) is 4.79 Å². The number of anilines is 1. The summed E-state index contributed by atoms with van der Waals surface area (Å²) in [7, 11) is 0. The molecular weight excluding hydrogens is 450 g/mol. The van der Waals surface area contributed by atoms with Crippen LogP contribution in [0.1, 0.15) is 30.0 Å². The van der Waals surface area contributed by atoms with Gasteiger partial charge in [0.15, 0.2) is 0 Å². The molecule has 1 atom stereocenters. The molecule has 0 aliphatic rings. The molecule has 0 saturated heterocycles. The predicted octanol–water partition coefficient (Wildman–Crippen LogP) is 7.41. The number of hydrogen-bond donors (Lipinski definition) is 1. The van der Waals surface area contributed by atoms with Gasteiger partial charge in [-0.05, 0) is 49.1 Å². The molecule has 0 saturated carbocycles. The maximum atomic E-state index is 13.3. The van der Waals surface area contributed by atoms with Gasteiger partial charge in [-0.15, -0.1) is 0 Å². The van der Waals surface area contributed by atoms with Gasteiger partial charge in [-0.1, -0.05) is 91.5 Å². The minimum atomic E-state index is -0.399. The van der Waals surface area contributed by atoms with Crippen LogP contribution in [-0.4, -0.2) is 16.1 Å². The third kappa shape index (κ3) is 5.45. The van der Waals surface area contributed by atoms with Crippen molar-refractivity contribution in [2.24, 2.45) is 0 Å². The number of amides is 1. The van der Waals surface area contributed by atoms with Gasteiger partial charge in [0.2, 0.25) is 5.91 Å². The van der Waals surface area contributed by atoms with Crippen LogP contribution in [0.25, 0.3) is 22.4 Å². The summed E-state index contributed by atoms with van der Waals surface area (Å²) in [6.45, 7) is 6.01. The zero-order valence-corrected chi connectivity index (χ0v) is 20.9. The number of hydrogen-bond acceptors (Lipinski definition) is 4. The zero-order chi connectivity index (χ0) is 24.8. The lowest BCUT2D eigenvalue weighted by Crippen LogP contribution is -2.25. The summed E-state index contributed by atoms with van der Waals surface area (Å²) >= 11 is 1.35. The Morgan fingerprint density at radius 3 is 2.26 bits per heavy atom. The maximum Gasteiger partial charge on any atom is 0.237 e. The summed E-state index contributed by atoms with van der Waals surface area (Å²) in [5.74, 6) is -0.0942. The molecule has 4 aromatic rings. The monoisotopic (exact) mass is 477 g/mol. The fourth-order valence-electron chi connectivity index (χ4n) is 3.87. The summed E-state index contributed by atoms with van der Waals surface area (Å²) in [6.07, 6.45) is 0.601. The van der Waals surface area contributed by atoms with Crippen molar-refractivity contribution in [1.29, 1.82) is 5.26 Å². The fourth-order valence-corrected chi connectivity index (χ4v) is 4.90. The van der Waals surface area contributed by atoms with Crippen LogP contribution in [0.3, 0.4) is 0 Å². The van der Waals surface area contributed by atoms with Crippen LogP contribution in [0.5, 0.6) is 0 Å². The topological polar surface area (TPSA) is 65.8 Å². The lowest BCUT2D eigenvalue weighted by molar-refractivity contribution is -0.115. The fraction of sp³-hybridized carbons (Fsp3) is 0.167. The summed E-state index contributed by atoms with van der Waals surface area (Å²) in [6, 6.07) is 30.0. The van der Waals surface area contributed by atoms with Gasteiger partial charge in [-0.25, -0.2) is 4.98 Å². The van der Waals surface area contributed by atoms with E-state index in [2.05, 4.69) is 11.4 Å². The molecule has 1 unspecified atom stereocenters. The van der Waals surface area contributed by atoms with E-state index < -0.39 is 5.25 Å². The average molecular weight is 478 g/mol. The molecule has 1 N–H and O–H groups in total. The van der Waals surface area contributed by atoms with E-state index in [1.54, 1.807) is 0 Å². The van der Waals surface area contributed by atoms with Crippen molar-refractivity contribution < 1.29 is 4.79 Å². The van der Waals surface area contributed by atoms with Crippen molar-refractivity contribution in [3.63, 3.8) is 0 Å². The van der Waals surface area contributed by atoms with E-state index in [1.807, 2.05) is 106 Å². The highest BCUT2D eigenvalue weighted by atomic mass is 32.2. The van der Waals surface area contributed by atoms with Crippen LogP contribution in [0.15, 0.2) is 90.0 Å². The largest absolute Gasteiger partial charge is 0.325 e. The van der Waals surface area contributed by atoms with E-state index in [1.165, 1.54) is 11.8 Å². The predicted molar refractivity (Wildman–Crippen MR) is 144 cm³/mol. The first-order valence-corrected chi connectivity index (χ1v) is 12.5. The highest BCUT2D eigenvalue weighted by Crippen LogP contribution is 2.36. The van der Waals surface area contributed by atoms with Gasteiger partial charge >= 0.3 is 0 Å². The van der Waals surface area contributed by atoms with E-state index in [0.29, 0.717) is 17.0 Å². The van der Waals surface area contributed by atoms with Crippen LogP contribution in [0.2, 0.25) is 0 Å². The Morgan fingerprint density at radius 2 is 1.63 bits per heavy atom. The Hall–Kier alpha value is -3.88. The number of nitrogens with zero attached hydrogens (tertiary/aromatic N) is 2. The number of thioether (sulfide) groups is 1. The summed E-state index contributed by atoms with van der Waals surface area (Å²) in [5, 5.41) is 13.4. The summed E-state index contributed by atoms with van der Waals surface area (Å²) < 4.78 is 0. The number of carbonyl (C=O) groups excluding carboxylic acids is 1. The number of aryl methyl sites for hydroxylation is 1. The molecule has 1 heterocycles. The highest BCUT2D eigenvalue weighted by molar-refractivity contribution is 8.00. The van der Waals surface area contributed by atoms with Crippen LogP contribution in [0.4, 0.5) is 5.69 Å². The van der Waals surface area contributed by atoms with Crippen molar-refractivity contribution in [1.82, 2.24) is 4.98 Å². The van der Waals surface area contributed by atoms with Gasteiger partial charge in [0.05, 0.1) is 16.5 Å². The van der Waals surface area contributed by atoms with E-state index in [0.717, 1.165) is 39.2 Å². The van der Waals surface area contributed by atoms with E-state index in [-0.39, 0.29) is 5.91 Å². The number of benzene rings is 3. The molecule has 1 amide bonds. The molecule has 3 aromatic carbocycles. The third-order valence-corrected chi connectivity index (χ3v) is 7.38. The standard InChI is InChI=1S/C30H27N3OS/c1-4-28(29(34)32-26-17-11-12-20(2)21(26)3)35-30-25(19-31)24(22-13-7-5-8-14-22)18-27(33-30)23-15-9-6-10-16-23/h5-18,28H,4H2,1-3H3,(H,32,34). The Bertz CT molecular complexity index is 1380. The molecular formula is C30H27N3OS. The molecule has 35 heavy (non-hydrogen) atoms. The first kappa shape index (κ1) is 24.3. The Balaban J connectivity index is 1.75. The van der Waals surface area contributed by atoms with Crippen LogP contribution in [0, 0.1) is 25.2 Å². The molecule has 0 radical (unpaired) electrons. The summed E-state index contributed by atoms with van der Waals surface area (Å²) in [4.78, 5) is 18.1. The minimum Gasteiger partial charge on any atom is -0.325 e. The molecule has 0 bridgehead atoms. The second kappa shape index (κ2) is 11.0. The molecule has 1 aromatic heterocycles. The lowest BCUT2D eigenvalue weighted by Gasteiger charge is -2.18. The Labute approximate surface area is 211 Å². The number of pyridine rings is 1. The number of rotatable bonds is 7. The molecule has 4 rings (SSSR count). The van der Waals surface area contributed by atoms with Gasteiger partial charge in [0.1, 0.15) is 11.1 Å². The summed E-state index contributed by atoms with van der Waals surface area (Å²) in [5.41, 5.74) is 6.96. The Kier molecular flexibility index (Phi) is 7.64. The quantitative estimate of drug-likeness (QED) is 0.281. The third-order valence-electron chi connectivity index (χ3n) is 6.03. The van der Waals surface area contributed by atoms with Crippen molar-refractivity contribution in [2.75, 3.05) is 5.32 Å². The van der Waals surface area contributed by atoms with Gasteiger partial charge in [-0.2, -0.15) is 5.26 Å². The lowest BCUT2D eigenvalue weighted by atomic mass is 9.99. The van der Waals surface area contributed by atoms with Crippen LogP contribution in [-0.2, 0) is 4.79 Å². The van der Waals surface area contributed by atoms with E-state index in [9.17, 15) is 10.1 Å². The SMILES string of the molecule is CCC(Sc1nc(-c2ccccc2)cc(-c2ccccc2)c1C#N)C(=O)Nc1cccc(C)c1C. The van der Waals surface area contributed by atoms with Crippen molar-refractivity contribution in [2.45, 2.75) is 37.5 Å². The maximum absolute atomic E-state index is 13.3. The average Bonchev–Trinajstić information content (AvgIpc) is 2.90. The molecule has 0 fully saturated rings. The first-order valence-electron chi connectivity index (χ1n) is 11.6. The highest BCUT2D eigenvalue weighted by Gasteiger charge is 2.24. The zero-order valence-electron chi connectivity index (χ0n) is 20.1. The van der Waals surface area contributed by atoms with E-state index >= 15 is 0 Å². The smallest absolute Gasteiger partial charge is 0.237 e. The minimum absolute atomic E-state index is 0.0942. The van der Waals surface area contributed by atoms with Crippen LogP contribution < -0.4 is 5.32 Å². The first-order chi connectivity index (χ1) is 17.0. The van der Waals surface area contributed by atoms with Gasteiger partial charge in [0.25, 0.3) is 0 Å². The molecule has 174 valence electrons. The molecule has 0 spiro atoms. The van der Waals surface area contributed by atoms with E-state index in [4.69, 9.17) is 4.98 Å². The second-order valence-corrected chi connectivity index (χ2v) is 9.52. The number of carbonyl (C=O) groups is 1. The Morgan fingerprint density at radius 1 is 0.971 bits per heavy atom.